The molecule has 4 heteroatoms. The van der Waals surface area contributed by atoms with Crippen LogP contribution >= 0.6 is 0 Å². The van der Waals surface area contributed by atoms with Gasteiger partial charge in [0.2, 0.25) is 0 Å². The van der Waals surface area contributed by atoms with Crippen LogP contribution < -0.4 is 0 Å². The van der Waals surface area contributed by atoms with Gasteiger partial charge in [-0.1, -0.05) is 65.2 Å². The van der Waals surface area contributed by atoms with Crippen LogP contribution in [0.4, 0.5) is 0 Å². The van der Waals surface area contributed by atoms with Crippen molar-refractivity contribution in [3.63, 3.8) is 0 Å². The summed E-state index contributed by atoms with van der Waals surface area (Å²) in [6, 6.07) is 0. The van der Waals surface area contributed by atoms with E-state index in [1.54, 1.807) is 6.92 Å². The van der Waals surface area contributed by atoms with Crippen LogP contribution in [0.3, 0.4) is 0 Å². The van der Waals surface area contributed by atoms with Crippen molar-refractivity contribution in [1.29, 1.82) is 0 Å². The standard InChI is InChI=1S/C33H60O4/c1-9-10-22-37-32-28(6)27(5)31(35)23-30(32)19-18-25(3)15-11-14-24(2)16-12-20-33(8,36)21-13-17-26(4)29(7)34/h16,23,25-28,31-32,35-36H,9-15,17-22H2,1-8H3/b24-16+. The minimum absolute atomic E-state index is 0.0964. The highest BCUT2D eigenvalue weighted by atomic mass is 16.5. The number of hydrogen-bond acceptors (Lipinski definition) is 4. The van der Waals surface area contributed by atoms with E-state index in [0.29, 0.717) is 11.8 Å². The van der Waals surface area contributed by atoms with Gasteiger partial charge in [-0.2, -0.15) is 0 Å². The fraction of sp³-hybridized carbons (Fsp3) is 0.848. The molecule has 37 heavy (non-hydrogen) atoms. The fourth-order valence-corrected chi connectivity index (χ4v) is 5.37. The number of unbranched alkanes of at least 4 members (excludes halogenated alkanes) is 1. The summed E-state index contributed by atoms with van der Waals surface area (Å²) in [7, 11) is 0. The molecule has 0 saturated heterocycles. The molecule has 0 fully saturated rings. The average Bonchev–Trinajstić information content (AvgIpc) is 2.82. The molecule has 0 spiro atoms. The highest BCUT2D eigenvalue weighted by Gasteiger charge is 2.34. The summed E-state index contributed by atoms with van der Waals surface area (Å²) in [6.45, 7) is 17.5. The monoisotopic (exact) mass is 520 g/mol. The number of carbonyl (C=O) groups excluding carboxylic acids is 1. The molecule has 216 valence electrons. The van der Waals surface area contributed by atoms with Crippen LogP contribution in [0.1, 0.15) is 132 Å². The Bertz CT molecular complexity index is 707. The second-order valence-corrected chi connectivity index (χ2v) is 12.6. The minimum Gasteiger partial charge on any atom is -0.390 e. The maximum Gasteiger partial charge on any atom is 0.132 e. The molecule has 0 saturated carbocycles. The lowest BCUT2D eigenvalue weighted by atomic mass is 9.76. The smallest absolute Gasteiger partial charge is 0.132 e. The van der Waals surface area contributed by atoms with Crippen LogP contribution in [0, 0.1) is 23.7 Å². The van der Waals surface area contributed by atoms with Gasteiger partial charge in [-0.15, -0.1) is 0 Å². The van der Waals surface area contributed by atoms with Crippen LogP contribution in [0.25, 0.3) is 0 Å². The Hall–Kier alpha value is -0.970. The van der Waals surface area contributed by atoms with Crippen molar-refractivity contribution in [2.45, 2.75) is 150 Å². The van der Waals surface area contributed by atoms with Crippen molar-refractivity contribution in [3.8, 4) is 0 Å². The number of ether oxygens (including phenoxy) is 1. The minimum atomic E-state index is -0.656. The normalized spacial score (nSPS) is 25.9. The predicted molar refractivity (Wildman–Crippen MR) is 157 cm³/mol. The van der Waals surface area contributed by atoms with Crippen LogP contribution in [0.15, 0.2) is 23.3 Å². The molecule has 4 nitrogen and oxygen atoms in total. The number of aliphatic hydroxyl groups is 2. The molecule has 0 radical (unpaired) electrons. The molecule has 7 unspecified atom stereocenters. The van der Waals surface area contributed by atoms with Gasteiger partial charge in [0.25, 0.3) is 0 Å². The van der Waals surface area contributed by atoms with Gasteiger partial charge in [-0.25, -0.2) is 0 Å². The molecular weight excluding hydrogens is 460 g/mol. The number of carbonyl (C=O) groups is 1. The molecule has 7 atom stereocenters. The second kappa shape index (κ2) is 17.6. The lowest BCUT2D eigenvalue weighted by Gasteiger charge is -2.37. The van der Waals surface area contributed by atoms with E-state index in [2.05, 4.69) is 46.8 Å². The van der Waals surface area contributed by atoms with Crippen molar-refractivity contribution in [2.75, 3.05) is 6.61 Å². The summed E-state index contributed by atoms with van der Waals surface area (Å²) in [5.41, 5.74) is 2.06. The number of allylic oxidation sites excluding steroid dienone is 2. The lowest BCUT2D eigenvalue weighted by molar-refractivity contribution is -0.120. The molecule has 2 N–H and O–H groups in total. The Morgan fingerprint density at radius 2 is 1.78 bits per heavy atom. The zero-order valence-corrected chi connectivity index (χ0v) is 25.5. The van der Waals surface area contributed by atoms with E-state index in [9.17, 15) is 15.0 Å². The number of hydrogen-bond donors (Lipinski definition) is 2. The van der Waals surface area contributed by atoms with E-state index in [0.717, 1.165) is 70.8 Å². The van der Waals surface area contributed by atoms with Crippen molar-refractivity contribution >= 4 is 5.78 Å². The maximum atomic E-state index is 11.4. The molecule has 1 rings (SSSR count). The fourth-order valence-electron chi connectivity index (χ4n) is 5.37. The third-order valence-electron chi connectivity index (χ3n) is 8.81. The van der Waals surface area contributed by atoms with Crippen molar-refractivity contribution in [3.05, 3.63) is 23.3 Å². The van der Waals surface area contributed by atoms with Gasteiger partial charge in [-0.05, 0) is 108 Å². The van der Waals surface area contributed by atoms with Crippen LogP contribution in [-0.4, -0.2) is 40.4 Å². The van der Waals surface area contributed by atoms with E-state index in [4.69, 9.17) is 4.74 Å². The van der Waals surface area contributed by atoms with Crippen molar-refractivity contribution in [2.24, 2.45) is 23.7 Å². The van der Waals surface area contributed by atoms with Crippen LogP contribution in [-0.2, 0) is 9.53 Å². The van der Waals surface area contributed by atoms with E-state index in [1.165, 1.54) is 24.0 Å². The van der Waals surface area contributed by atoms with Crippen LogP contribution in [0.2, 0.25) is 0 Å². The third-order valence-corrected chi connectivity index (χ3v) is 8.81. The first-order valence-corrected chi connectivity index (χ1v) is 15.3. The van der Waals surface area contributed by atoms with E-state index in [-0.39, 0.29) is 29.8 Å². The van der Waals surface area contributed by atoms with Crippen molar-refractivity contribution in [1.82, 2.24) is 0 Å². The van der Waals surface area contributed by atoms with Gasteiger partial charge in [0.05, 0.1) is 17.8 Å². The molecule has 0 amide bonds. The van der Waals surface area contributed by atoms with Crippen LogP contribution in [0.5, 0.6) is 0 Å². The first kappa shape index (κ1) is 34.1. The number of Topliss-reactive ketones (excluding diaryl/α,β-unsaturated/α-hetero) is 1. The molecular formula is C33H60O4. The van der Waals surface area contributed by atoms with E-state index < -0.39 is 5.60 Å². The summed E-state index contributed by atoms with van der Waals surface area (Å²) in [4.78, 5) is 11.4. The van der Waals surface area contributed by atoms with Gasteiger partial charge >= 0.3 is 0 Å². The van der Waals surface area contributed by atoms with Gasteiger partial charge in [-0.3, -0.25) is 4.79 Å². The number of aliphatic hydroxyl groups excluding tert-OH is 1. The largest absolute Gasteiger partial charge is 0.390 e. The Morgan fingerprint density at radius 1 is 1.08 bits per heavy atom. The Morgan fingerprint density at radius 3 is 2.43 bits per heavy atom. The summed E-state index contributed by atoms with van der Waals surface area (Å²) in [5, 5.41) is 21.2. The zero-order chi connectivity index (χ0) is 28.0. The van der Waals surface area contributed by atoms with Gasteiger partial charge in [0, 0.05) is 12.5 Å². The first-order valence-electron chi connectivity index (χ1n) is 15.3. The summed E-state index contributed by atoms with van der Waals surface area (Å²) >= 11 is 0. The number of rotatable bonds is 19. The zero-order valence-electron chi connectivity index (χ0n) is 25.5. The SMILES string of the molecule is CCCCOC1C(CCC(C)CCC/C(C)=C/CCC(C)(O)CCCC(C)C(C)=O)=CC(O)C(C)C1C. The van der Waals surface area contributed by atoms with Gasteiger partial charge < -0.3 is 14.9 Å². The highest BCUT2D eigenvalue weighted by Crippen LogP contribution is 2.35. The first-order chi connectivity index (χ1) is 17.4. The third kappa shape index (κ3) is 13.6. The Labute approximate surface area is 229 Å². The van der Waals surface area contributed by atoms with Gasteiger partial charge in [0.15, 0.2) is 0 Å². The predicted octanol–water partition coefficient (Wildman–Crippen LogP) is 8.20. The topological polar surface area (TPSA) is 66.8 Å². The summed E-state index contributed by atoms with van der Waals surface area (Å²) < 4.78 is 6.30. The quantitative estimate of drug-likeness (QED) is 0.133. The highest BCUT2D eigenvalue weighted by molar-refractivity contribution is 5.77. The molecule has 0 heterocycles. The Balaban J connectivity index is 2.37. The average molecular weight is 521 g/mol. The van der Waals surface area contributed by atoms with E-state index >= 15 is 0 Å². The van der Waals surface area contributed by atoms with Gasteiger partial charge in [0.1, 0.15) is 5.78 Å². The Kier molecular flexibility index (Phi) is 16.2. The molecule has 0 aromatic carbocycles. The molecule has 1 aliphatic rings. The lowest BCUT2D eigenvalue weighted by Crippen LogP contribution is -2.39. The summed E-state index contributed by atoms with van der Waals surface area (Å²) in [5.74, 6) is 1.57. The maximum absolute atomic E-state index is 11.4. The second-order valence-electron chi connectivity index (χ2n) is 12.6. The molecule has 0 aromatic rings. The molecule has 0 bridgehead atoms. The molecule has 0 aliphatic heterocycles. The molecule has 1 aliphatic carbocycles. The molecule has 0 aromatic heterocycles. The van der Waals surface area contributed by atoms with Crippen molar-refractivity contribution < 1.29 is 19.7 Å². The summed E-state index contributed by atoms with van der Waals surface area (Å²) in [6.07, 6.45) is 16.3. The van der Waals surface area contributed by atoms with E-state index in [1.807, 2.05) is 13.8 Å². The number of ketones is 1.